The van der Waals surface area contributed by atoms with E-state index < -0.39 is 5.91 Å². The lowest BCUT2D eigenvalue weighted by atomic mass is 10.2. The summed E-state index contributed by atoms with van der Waals surface area (Å²) in [6, 6.07) is 15.8. The van der Waals surface area contributed by atoms with Gasteiger partial charge in [0.05, 0.1) is 17.4 Å². The van der Waals surface area contributed by atoms with Gasteiger partial charge in [-0.25, -0.2) is 0 Å². The minimum atomic E-state index is -0.502. The molecule has 5 nitrogen and oxygen atoms in total. The van der Waals surface area contributed by atoms with Crippen LogP contribution in [0.2, 0.25) is 0 Å². The summed E-state index contributed by atoms with van der Waals surface area (Å²) in [6.07, 6.45) is 0. The molecular weight excluding hydrogens is 310 g/mol. The number of rotatable bonds is 6. The average Bonchev–Trinajstić information content (AvgIpc) is 2.55. The summed E-state index contributed by atoms with van der Waals surface area (Å²) < 4.78 is 0. The van der Waals surface area contributed by atoms with Crippen molar-refractivity contribution in [2.45, 2.75) is 5.75 Å². The molecule has 0 radical (unpaired) electrons. The number of benzene rings is 2. The number of nitrogens with two attached hydrogens (primary N) is 1. The molecule has 0 aliphatic rings. The molecule has 0 aliphatic carbocycles. The molecule has 3 N–H and O–H groups in total. The molecule has 0 heterocycles. The van der Waals surface area contributed by atoms with Gasteiger partial charge in [0.25, 0.3) is 0 Å². The first kappa shape index (κ1) is 16.6. The van der Waals surface area contributed by atoms with Crippen LogP contribution in [0.3, 0.4) is 0 Å². The van der Waals surface area contributed by atoms with Crippen LogP contribution in [-0.2, 0) is 10.5 Å². The summed E-state index contributed by atoms with van der Waals surface area (Å²) in [5, 5.41) is 11.6. The van der Waals surface area contributed by atoms with E-state index in [0.717, 1.165) is 5.56 Å². The molecule has 0 saturated carbocycles. The van der Waals surface area contributed by atoms with Gasteiger partial charge in [-0.2, -0.15) is 5.26 Å². The number of hydrogen-bond acceptors (Lipinski definition) is 4. The monoisotopic (exact) mass is 325 g/mol. The highest BCUT2D eigenvalue weighted by Gasteiger charge is 2.05. The third-order valence-corrected chi connectivity index (χ3v) is 4.01. The summed E-state index contributed by atoms with van der Waals surface area (Å²) >= 11 is 1.47. The van der Waals surface area contributed by atoms with Crippen LogP contribution in [0.5, 0.6) is 0 Å². The van der Waals surface area contributed by atoms with Gasteiger partial charge in [-0.3, -0.25) is 9.59 Å². The SMILES string of the molecule is N#Cc1cccc(CSCC(=O)Nc2ccc(C(N)=O)cc2)c1. The summed E-state index contributed by atoms with van der Waals surface area (Å²) in [4.78, 5) is 22.8. The second kappa shape index (κ2) is 8.01. The molecule has 2 rings (SSSR count). The van der Waals surface area contributed by atoms with Crippen molar-refractivity contribution in [3.8, 4) is 6.07 Å². The first-order valence-corrected chi connectivity index (χ1v) is 8.00. The Labute approximate surface area is 138 Å². The number of amides is 2. The maximum Gasteiger partial charge on any atom is 0.248 e. The minimum Gasteiger partial charge on any atom is -0.366 e. The van der Waals surface area contributed by atoms with Crippen LogP contribution in [0.1, 0.15) is 21.5 Å². The number of primary amides is 1. The third kappa shape index (κ3) is 5.16. The largest absolute Gasteiger partial charge is 0.366 e. The molecule has 2 aromatic rings. The molecule has 116 valence electrons. The van der Waals surface area contributed by atoms with Crippen LogP contribution < -0.4 is 11.1 Å². The molecule has 0 aromatic heterocycles. The van der Waals surface area contributed by atoms with Gasteiger partial charge >= 0.3 is 0 Å². The summed E-state index contributed by atoms with van der Waals surface area (Å²) in [5.41, 5.74) is 7.79. The molecule has 23 heavy (non-hydrogen) atoms. The quantitative estimate of drug-likeness (QED) is 0.853. The van der Waals surface area contributed by atoms with Crippen LogP contribution >= 0.6 is 11.8 Å². The summed E-state index contributed by atoms with van der Waals surface area (Å²) in [5.74, 6) is 0.328. The maximum absolute atomic E-state index is 11.9. The molecule has 0 saturated heterocycles. The lowest BCUT2D eigenvalue weighted by molar-refractivity contribution is -0.113. The van der Waals surface area contributed by atoms with Crippen molar-refractivity contribution in [1.29, 1.82) is 5.26 Å². The molecule has 0 atom stereocenters. The first-order chi connectivity index (χ1) is 11.1. The molecule has 0 unspecified atom stereocenters. The third-order valence-electron chi connectivity index (χ3n) is 3.01. The van der Waals surface area contributed by atoms with E-state index in [2.05, 4.69) is 11.4 Å². The second-order valence-electron chi connectivity index (χ2n) is 4.79. The molecule has 0 spiro atoms. The number of carbonyl (C=O) groups is 2. The zero-order valence-electron chi connectivity index (χ0n) is 12.3. The van der Waals surface area contributed by atoms with Crippen molar-refractivity contribution < 1.29 is 9.59 Å². The van der Waals surface area contributed by atoms with Gasteiger partial charge in [-0.15, -0.1) is 11.8 Å². The molecular formula is C17H15N3O2S. The van der Waals surface area contributed by atoms with E-state index in [9.17, 15) is 9.59 Å². The second-order valence-corrected chi connectivity index (χ2v) is 5.78. The van der Waals surface area contributed by atoms with Crippen LogP contribution in [0.25, 0.3) is 0 Å². The number of hydrogen-bond donors (Lipinski definition) is 2. The average molecular weight is 325 g/mol. The van der Waals surface area contributed by atoms with Crippen molar-refractivity contribution >= 4 is 29.3 Å². The maximum atomic E-state index is 11.9. The van der Waals surface area contributed by atoms with Crippen molar-refractivity contribution in [3.05, 3.63) is 65.2 Å². The van der Waals surface area contributed by atoms with Gasteiger partial charge in [0, 0.05) is 17.0 Å². The Kier molecular flexibility index (Phi) is 5.78. The fraction of sp³-hybridized carbons (Fsp3) is 0.118. The highest BCUT2D eigenvalue weighted by atomic mass is 32.2. The van der Waals surface area contributed by atoms with Gasteiger partial charge in [0.2, 0.25) is 11.8 Å². The predicted molar refractivity (Wildman–Crippen MR) is 90.9 cm³/mol. The highest BCUT2D eigenvalue weighted by molar-refractivity contribution is 7.99. The van der Waals surface area contributed by atoms with E-state index in [1.165, 1.54) is 11.8 Å². The zero-order chi connectivity index (χ0) is 16.7. The normalized spacial score (nSPS) is 9.87. The lowest BCUT2D eigenvalue weighted by Crippen LogP contribution is -2.15. The van der Waals surface area contributed by atoms with Gasteiger partial charge in [0.1, 0.15) is 0 Å². The van der Waals surface area contributed by atoms with Crippen LogP contribution in [0.4, 0.5) is 5.69 Å². The van der Waals surface area contributed by atoms with Gasteiger partial charge in [0.15, 0.2) is 0 Å². The Balaban J connectivity index is 1.81. The van der Waals surface area contributed by atoms with E-state index in [4.69, 9.17) is 11.0 Å². The number of thioether (sulfide) groups is 1. The van der Waals surface area contributed by atoms with Gasteiger partial charge in [-0.05, 0) is 42.0 Å². The Morgan fingerprint density at radius 2 is 1.91 bits per heavy atom. The predicted octanol–water partition coefficient (Wildman–Crippen LogP) is 2.53. The van der Waals surface area contributed by atoms with E-state index >= 15 is 0 Å². The Morgan fingerprint density at radius 1 is 1.17 bits per heavy atom. The van der Waals surface area contributed by atoms with E-state index in [-0.39, 0.29) is 5.91 Å². The van der Waals surface area contributed by atoms with Crippen molar-refractivity contribution in [1.82, 2.24) is 0 Å². The van der Waals surface area contributed by atoms with Gasteiger partial charge in [-0.1, -0.05) is 12.1 Å². The van der Waals surface area contributed by atoms with Crippen LogP contribution in [0, 0.1) is 11.3 Å². The minimum absolute atomic E-state index is 0.127. The zero-order valence-corrected chi connectivity index (χ0v) is 13.1. The van der Waals surface area contributed by atoms with Crippen LogP contribution in [-0.4, -0.2) is 17.6 Å². The summed E-state index contributed by atoms with van der Waals surface area (Å²) in [7, 11) is 0. The first-order valence-electron chi connectivity index (χ1n) is 6.85. The van der Waals surface area contributed by atoms with E-state index in [1.807, 2.05) is 18.2 Å². The molecule has 2 amide bonds. The number of nitrogens with one attached hydrogen (secondary N) is 1. The lowest BCUT2D eigenvalue weighted by Gasteiger charge is -2.06. The number of carbonyl (C=O) groups excluding carboxylic acids is 2. The fourth-order valence-electron chi connectivity index (χ4n) is 1.91. The van der Waals surface area contributed by atoms with Crippen molar-refractivity contribution in [3.63, 3.8) is 0 Å². The van der Waals surface area contributed by atoms with E-state index in [0.29, 0.717) is 28.3 Å². The Morgan fingerprint density at radius 3 is 2.57 bits per heavy atom. The standard InChI is InChI=1S/C17H15N3O2S/c18-9-12-2-1-3-13(8-12)10-23-11-16(21)20-15-6-4-14(5-7-15)17(19)22/h1-8H,10-11H2,(H2,19,22)(H,20,21). The molecule has 0 fully saturated rings. The number of nitriles is 1. The molecule has 0 bridgehead atoms. The highest BCUT2D eigenvalue weighted by Crippen LogP contribution is 2.15. The Hall–Kier alpha value is -2.78. The van der Waals surface area contributed by atoms with E-state index in [1.54, 1.807) is 30.3 Å². The van der Waals surface area contributed by atoms with Crippen LogP contribution in [0.15, 0.2) is 48.5 Å². The Bertz CT molecular complexity index is 751. The number of nitrogens with zero attached hydrogens (tertiary/aromatic N) is 1. The topological polar surface area (TPSA) is 96.0 Å². The van der Waals surface area contributed by atoms with Crippen molar-refractivity contribution in [2.24, 2.45) is 5.73 Å². The molecule has 0 aliphatic heterocycles. The summed E-state index contributed by atoms with van der Waals surface area (Å²) in [6.45, 7) is 0. The number of anilines is 1. The van der Waals surface area contributed by atoms with Gasteiger partial charge < -0.3 is 11.1 Å². The van der Waals surface area contributed by atoms with Crippen molar-refractivity contribution in [2.75, 3.05) is 11.1 Å². The molecule has 2 aromatic carbocycles. The smallest absolute Gasteiger partial charge is 0.248 e. The fourth-order valence-corrected chi connectivity index (χ4v) is 2.68. The molecule has 6 heteroatoms.